The maximum absolute atomic E-state index is 13.0. The SMILES string of the molecule is CCN(CC)S(=O)(=O)c1ccc(C(=O)Nc2nc3ccccc3nc2N2CCCC2)cc1. The van der Waals surface area contributed by atoms with E-state index >= 15 is 0 Å². The molecule has 3 aromatic rings. The van der Waals surface area contributed by atoms with E-state index in [0.29, 0.717) is 35.8 Å². The van der Waals surface area contributed by atoms with Gasteiger partial charge in [-0.25, -0.2) is 18.4 Å². The first-order valence-corrected chi connectivity index (χ1v) is 12.3. The van der Waals surface area contributed by atoms with Crippen molar-refractivity contribution in [2.24, 2.45) is 0 Å². The molecule has 0 saturated carbocycles. The summed E-state index contributed by atoms with van der Waals surface area (Å²) in [6.45, 7) is 6.11. The molecule has 168 valence electrons. The van der Waals surface area contributed by atoms with Crippen molar-refractivity contribution < 1.29 is 13.2 Å². The fraction of sp³-hybridized carbons (Fsp3) is 0.348. The number of para-hydroxylation sites is 2. The Morgan fingerprint density at radius 1 is 0.969 bits per heavy atom. The van der Waals surface area contributed by atoms with Crippen LogP contribution in [0.4, 0.5) is 11.6 Å². The zero-order chi connectivity index (χ0) is 22.7. The van der Waals surface area contributed by atoms with Crippen LogP contribution in [0.15, 0.2) is 53.4 Å². The molecule has 0 bridgehead atoms. The summed E-state index contributed by atoms with van der Waals surface area (Å²) in [7, 11) is -3.57. The summed E-state index contributed by atoms with van der Waals surface area (Å²) in [4.78, 5) is 24.7. The standard InChI is InChI=1S/C23H27N5O3S/c1-3-28(4-2)32(30,31)18-13-11-17(12-14-18)23(29)26-21-22(27-15-7-8-16-27)25-20-10-6-5-9-19(20)24-21/h5-6,9-14H,3-4,7-8,15-16H2,1-2H3,(H,24,26,29). The number of anilines is 2. The number of fused-ring (bicyclic) bond motifs is 1. The number of benzene rings is 2. The molecule has 0 radical (unpaired) electrons. The van der Waals surface area contributed by atoms with E-state index in [-0.39, 0.29) is 10.8 Å². The van der Waals surface area contributed by atoms with Gasteiger partial charge in [0.15, 0.2) is 11.6 Å². The summed E-state index contributed by atoms with van der Waals surface area (Å²) in [6.07, 6.45) is 2.15. The van der Waals surface area contributed by atoms with E-state index in [1.807, 2.05) is 24.3 Å². The molecule has 1 fully saturated rings. The Kier molecular flexibility index (Phi) is 6.38. The molecule has 0 aliphatic carbocycles. The lowest BCUT2D eigenvalue weighted by molar-refractivity contribution is 0.102. The molecule has 1 amide bonds. The van der Waals surface area contributed by atoms with Gasteiger partial charge in [0.1, 0.15) is 0 Å². The van der Waals surface area contributed by atoms with Gasteiger partial charge >= 0.3 is 0 Å². The van der Waals surface area contributed by atoms with Gasteiger partial charge in [0.25, 0.3) is 5.91 Å². The number of hydrogen-bond donors (Lipinski definition) is 1. The number of aromatic nitrogens is 2. The van der Waals surface area contributed by atoms with E-state index in [4.69, 9.17) is 4.98 Å². The summed E-state index contributed by atoms with van der Waals surface area (Å²) >= 11 is 0. The normalized spacial score (nSPS) is 14.3. The number of rotatable bonds is 7. The van der Waals surface area contributed by atoms with E-state index in [9.17, 15) is 13.2 Å². The van der Waals surface area contributed by atoms with Crippen molar-refractivity contribution >= 4 is 38.6 Å². The number of amides is 1. The van der Waals surface area contributed by atoms with Gasteiger partial charge in [0.05, 0.1) is 15.9 Å². The van der Waals surface area contributed by atoms with Gasteiger partial charge in [-0.15, -0.1) is 0 Å². The first kappa shape index (κ1) is 22.2. The monoisotopic (exact) mass is 453 g/mol. The van der Waals surface area contributed by atoms with Crippen molar-refractivity contribution in [2.75, 3.05) is 36.4 Å². The van der Waals surface area contributed by atoms with Gasteiger partial charge < -0.3 is 10.2 Å². The highest BCUT2D eigenvalue weighted by atomic mass is 32.2. The van der Waals surface area contributed by atoms with Crippen LogP contribution < -0.4 is 10.2 Å². The second-order valence-corrected chi connectivity index (χ2v) is 9.58. The Bertz CT molecular complexity index is 1220. The zero-order valence-corrected chi connectivity index (χ0v) is 19.1. The second kappa shape index (κ2) is 9.22. The minimum atomic E-state index is -3.57. The predicted octanol–water partition coefficient (Wildman–Crippen LogP) is 3.51. The molecule has 0 unspecified atom stereocenters. The van der Waals surface area contributed by atoms with Gasteiger partial charge in [-0.2, -0.15) is 4.31 Å². The molecule has 32 heavy (non-hydrogen) atoms. The topological polar surface area (TPSA) is 95.5 Å². The molecule has 1 N–H and O–H groups in total. The zero-order valence-electron chi connectivity index (χ0n) is 18.3. The molecule has 2 aromatic carbocycles. The van der Waals surface area contributed by atoms with Crippen LogP contribution in [-0.4, -0.2) is 54.8 Å². The summed E-state index contributed by atoms with van der Waals surface area (Å²) < 4.78 is 26.8. The van der Waals surface area contributed by atoms with Crippen molar-refractivity contribution in [3.8, 4) is 0 Å². The smallest absolute Gasteiger partial charge is 0.256 e. The van der Waals surface area contributed by atoms with Gasteiger partial charge in [-0.1, -0.05) is 26.0 Å². The average molecular weight is 454 g/mol. The first-order valence-electron chi connectivity index (χ1n) is 10.9. The molecule has 0 spiro atoms. The van der Waals surface area contributed by atoms with Gasteiger partial charge in [-0.05, 0) is 49.2 Å². The lowest BCUT2D eigenvalue weighted by Gasteiger charge is -2.20. The van der Waals surface area contributed by atoms with Crippen molar-refractivity contribution in [2.45, 2.75) is 31.6 Å². The third-order valence-corrected chi connectivity index (χ3v) is 7.71. The van der Waals surface area contributed by atoms with E-state index in [1.54, 1.807) is 13.8 Å². The quantitative estimate of drug-likeness (QED) is 0.588. The molecule has 2 heterocycles. The molecule has 1 aliphatic rings. The van der Waals surface area contributed by atoms with Crippen LogP contribution in [0.3, 0.4) is 0 Å². The minimum absolute atomic E-state index is 0.168. The number of carbonyl (C=O) groups excluding carboxylic acids is 1. The molecule has 1 aromatic heterocycles. The highest BCUT2D eigenvalue weighted by Gasteiger charge is 2.23. The van der Waals surface area contributed by atoms with E-state index < -0.39 is 10.0 Å². The largest absolute Gasteiger partial charge is 0.354 e. The fourth-order valence-electron chi connectivity index (χ4n) is 3.89. The van der Waals surface area contributed by atoms with Crippen LogP contribution in [0.5, 0.6) is 0 Å². The summed E-state index contributed by atoms with van der Waals surface area (Å²) in [6, 6.07) is 13.5. The summed E-state index contributed by atoms with van der Waals surface area (Å²) in [5.41, 5.74) is 1.83. The van der Waals surface area contributed by atoms with E-state index in [1.165, 1.54) is 28.6 Å². The molecule has 4 rings (SSSR count). The lowest BCUT2D eigenvalue weighted by atomic mass is 10.2. The Balaban J connectivity index is 1.62. The summed E-state index contributed by atoms with van der Waals surface area (Å²) in [5, 5.41) is 2.89. The number of sulfonamides is 1. The highest BCUT2D eigenvalue weighted by Crippen LogP contribution is 2.28. The average Bonchev–Trinajstić information content (AvgIpc) is 3.34. The Morgan fingerprint density at radius 3 is 2.16 bits per heavy atom. The predicted molar refractivity (Wildman–Crippen MR) is 125 cm³/mol. The van der Waals surface area contributed by atoms with Crippen LogP contribution in [0.25, 0.3) is 11.0 Å². The Morgan fingerprint density at radius 2 is 1.56 bits per heavy atom. The highest BCUT2D eigenvalue weighted by molar-refractivity contribution is 7.89. The van der Waals surface area contributed by atoms with Crippen LogP contribution >= 0.6 is 0 Å². The van der Waals surface area contributed by atoms with Crippen molar-refractivity contribution in [3.63, 3.8) is 0 Å². The van der Waals surface area contributed by atoms with Gasteiger partial charge in [0, 0.05) is 31.7 Å². The third-order valence-electron chi connectivity index (χ3n) is 5.65. The first-order chi connectivity index (χ1) is 15.4. The fourth-order valence-corrected chi connectivity index (χ4v) is 5.35. The van der Waals surface area contributed by atoms with Crippen LogP contribution in [0.2, 0.25) is 0 Å². The molecule has 1 aliphatic heterocycles. The van der Waals surface area contributed by atoms with Crippen LogP contribution in [0.1, 0.15) is 37.0 Å². The van der Waals surface area contributed by atoms with E-state index in [2.05, 4.69) is 15.2 Å². The molecule has 9 heteroatoms. The Hall–Kier alpha value is -3.04. The molecule has 8 nitrogen and oxygen atoms in total. The Labute approximate surface area is 188 Å². The van der Waals surface area contributed by atoms with Gasteiger partial charge in [0.2, 0.25) is 10.0 Å². The third kappa shape index (κ3) is 4.31. The van der Waals surface area contributed by atoms with Crippen molar-refractivity contribution in [1.29, 1.82) is 0 Å². The molecular weight excluding hydrogens is 426 g/mol. The minimum Gasteiger partial charge on any atom is -0.354 e. The lowest BCUT2D eigenvalue weighted by Crippen LogP contribution is -2.30. The maximum atomic E-state index is 13.0. The van der Waals surface area contributed by atoms with Crippen LogP contribution in [-0.2, 0) is 10.0 Å². The molecule has 1 saturated heterocycles. The number of nitrogens with one attached hydrogen (secondary N) is 1. The number of hydrogen-bond acceptors (Lipinski definition) is 6. The number of carbonyl (C=O) groups is 1. The maximum Gasteiger partial charge on any atom is 0.256 e. The molecule has 0 atom stereocenters. The van der Waals surface area contributed by atoms with Crippen molar-refractivity contribution in [1.82, 2.24) is 14.3 Å². The summed E-state index contributed by atoms with van der Waals surface area (Å²) in [5.74, 6) is 0.715. The van der Waals surface area contributed by atoms with Crippen LogP contribution in [0, 0.1) is 0 Å². The van der Waals surface area contributed by atoms with Crippen molar-refractivity contribution in [3.05, 3.63) is 54.1 Å². The van der Waals surface area contributed by atoms with Gasteiger partial charge in [-0.3, -0.25) is 4.79 Å². The molecular formula is C23H27N5O3S. The second-order valence-electron chi connectivity index (χ2n) is 7.65. The number of nitrogens with zero attached hydrogens (tertiary/aromatic N) is 4. The van der Waals surface area contributed by atoms with E-state index in [0.717, 1.165) is 31.4 Å².